The number of nitrogens with zero attached hydrogens (tertiary/aromatic N) is 2. The van der Waals surface area contributed by atoms with Gasteiger partial charge in [0.2, 0.25) is 0 Å². The van der Waals surface area contributed by atoms with Crippen molar-refractivity contribution in [2.24, 2.45) is 0 Å². The fraction of sp³-hybridized carbons (Fsp3) is 0.640. The number of aliphatic hydroxyl groups excluding tert-OH is 3. The molecule has 0 amide bonds. The van der Waals surface area contributed by atoms with Gasteiger partial charge in [-0.05, 0) is 83.1 Å². The summed E-state index contributed by atoms with van der Waals surface area (Å²) in [5.41, 5.74) is 4.57. The number of ether oxygens (including phenoxy) is 3. The maximum Gasteiger partial charge on any atom is 0.481 e. The molecule has 1 aliphatic heterocycles. The Morgan fingerprint density at radius 2 is 1.32 bits per heavy atom. The van der Waals surface area contributed by atoms with Crippen molar-refractivity contribution in [1.82, 2.24) is 9.55 Å². The Labute approximate surface area is 419 Å². The first kappa shape index (κ1) is 63.3. The summed E-state index contributed by atoms with van der Waals surface area (Å²) in [4.78, 5) is 61.8. The average molecular weight is 1040 g/mol. The monoisotopic (exact) mass is 1040 g/mol. The number of allylic oxidation sites excluding steroid dienone is 10. The molecule has 402 valence electrons. The minimum Gasteiger partial charge on any atom is -0.462 e. The molecular weight excluding hydrogens is 961 g/mol. The minimum atomic E-state index is -5.45. The van der Waals surface area contributed by atoms with E-state index in [1.54, 1.807) is 12.2 Å². The third-order valence-electron chi connectivity index (χ3n) is 10.8. The number of aromatic nitrogens is 2. The van der Waals surface area contributed by atoms with Gasteiger partial charge >= 0.3 is 33.3 Å². The lowest BCUT2D eigenvalue weighted by Gasteiger charge is -2.21. The molecule has 1 aromatic heterocycles. The summed E-state index contributed by atoms with van der Waals surface area (Å²) in [6.45, 7) is 1.94. The summed E-state index contributed by atoms with van der Waals surface area (Å²) >= 11 is 0. The number of esters is 2. The van der Waals surface area contributed by atoms with Crippen molar-refractivity contribution >= 4 is 33.4 Å². The van der Waals surface area contributed by atoms with Crippen LogP contribution in [0.2, 0.25) is 0 Å². The number of phosphoric ester groups is 2. The lowest BCUT2D eigenvalue weighted by atomic mass is 10.1. The van der Waals surface area contributed by atoms with E-state index in [2.05, 4.69) is 53.5 Å². The molecule has 21 heteroatoms. The molecule has 1 fully saturated rings. The molecule has 19 nitrogen and oxygen atoms in total. The molecule has 0 bridgehead atoms. The van der Waals surface area contributed by atoms with E-state index in [4.69, 9.17) is 29.0 Å². The van der Waals surface area contributed by atoms with Crippen LogP contribution in [0.5, 0.6) is 0 Å². The van der Waals surface area contributed by atoms with Crippen molar-refractivity contribution in [3.8, 4) is 0 Å². The molecule has 2 rings (SSSR count). The summed E-state index contributed by atoms with van der Waals surface area (Å²) in [6.07, 6.45) is 34.4. The summed E-state index contributed by atoms with van der Waals surface area (Å²) in [5.74, 6) is -1.43. The van der Waals surface area contributed by atoms with Gasteiger partial charge in [-0.2, -0.15) is 9.29 Å². The van der Waals surface area contributed by atoms with Crippen LogP contribution in [0.15, 0.2) is 90.0 Å². The first-order chi connectivity index (χ1) is 34.1. The lowest BCUT2D eigenvalue weighted by molar-refractivity contribution is -0.161. The third-order valence-corrected chi connectivity index (χ3v) is 13.4. The summed E-state index contributed by atoms with van der Waals surface area (Å²) in [7, 11) is -10.9. The number of hydrogen-bond donors (Lipinski definition) is 6. The maximum atomic E-state index is 12.8. The van der Waals surface area contributed by atoms with E-state index in [9.17, 15) is 48.6 Å². The number of carbonyl (C=O) groups excluding carboxylic acids is 2. The molecule has 71 heavy (non-hydrogen) atoms. The number of phosphoric acid groups is 2. The molecule has 1 saturated heterocycles. The predicted molar refractivity (Wildman–Crippen MR) is 271 cm³/mol. The van der Waals surface area contributed by atoms with Crippen molar-refractivity contribution in [3.63, 3.8) is 0 Å². The average Bonchev–Trinajstić information content (AvgIpc) is 3.60. The van der Waals surface area contributed by atoms with Gasteiger partial charge in [-0.1, -0.05) is 132 Å². The van der Waals surface area contributed by atoms with E-state index in [1.807, 2.05) is 30.4 Å². The van der Waals surface area contributed by atoms with Crippen molar-refractivity contribution in [1.29, 1.82) is 0 Å². The Kier molecular flexibility index (Phi) is 33.7. The topological polar surface area (TPSA) is 286 Å². The number of rotatable bonds is 40. The fourth-order valence-electron chi connectivity index (χ4n) is 6.89. The molecule has 1 aliphatic rings. The molecule has 8 atom stereocenters. The Morgan fingerprint density at radius 1 is 0.746 bits per heavy atom. The number of aliphatic hydroxyl groups is 3. The van der Waals surface area contributed by atoms with Gasteiger partial charge in [-0.3, -0.25) is 23.2 Å². The van der Waals surface area contributed by atoms with Crippen LogP contribution >= 0.6 is 15.6 Å². The second-order valence-corrected chi connectivity index (χ2v) is 20.2. The van der Waals surface area contributed by atoms with Gasteiger partial charge in [0.25, 0.3) is 0 Å². The van der Waals surface area contributed by atoms with E-state index in [-0.39, 0.29) is 18.7 Å². The summed E-state index contributed by atoms with van der Waals surface area (Å²) in [6, 6.07) is 1.24. The van der Waals surface area contributed by atoms with Gasteiger partial charge < -0.3 is 45.1 Å². The summed E-state index contributed by atoms with van der Waals surface area (Å²) < 4.78 is 56.6. The van der Waals surface area contributed by atoms with E-state index >= 15 is 0 Å². The van der Waals surface area contributed by atoms with Crippen LogP contribution in [0.25, 0.3) is 0 Å². The van der Waals surface area contributed by atoms with Gasteiger partial charge in [0, 0.05) is 19.0 Å². The third kappa shape index (κ3) is 30.7. The highest BCUT2D eigenvalue weighted by Gasteiger charge is 2.46. The van der Waals surface area contributed by atoms with E-state index in [0.29, 0.717) is 32.1 Å². The van der Waals surface area contributed by atoms with E-state index in [0.717, 1.165) is 68.6 Å². The Balaban J connectivity index is 1.86. The number of nitrogen functional groups attached to an aromatic ring is 1. The molecule has 0 aliphatic carbocycles. The van der Waals surface area contributed by atoms with Crippen molar-refractivity contribution in [2.75, 3.05) is 25.6 Å². The van der Waals surface area contributed by atoms with Crippen LogP contribution in [0.4, 0.5) is 5.82 Å². The van der Waals surface area contributed by atoms with Gasteiger partial charge in [-0.15, -0.1) is 0 Å². The molecule has 7 N–H and O–H groups in total. The minimum absolute atomic E-state index is 0.00659. The fourth-order valence-corrected chi connectivity index (χ4v) is 9.00. The van der Waals surface area contributed by atoms with Gasteiger partial charge in [0.1, 0.15) is 30.7 Å². The molecule has 0 radical (unpaired) electrons. The predicted octanol–water partition coefficient (Wildman–Crippen LogP) is 9.08. The second kappa shape index (κ2) is 37.8. The SMILES string of the molecule is CCCCC/C=C\C/C=C\CCCCCCCC(=O)O[C@H](COC(=O)CCC/C=C\C/C=C\C=C\[C@H](O)C/C=C\CCCCC)COP(=O)(O)OP(=O)(O)OC[C@H]1O[C@@H](n2ccc(N)nc2=O)[C@H](O)[C@@H]1O. The Bertz CT molecular complexity index is 1990. The molecule has 1 aromatic rings. The van der Waals surface area contributed by atoms with Crippen LogP contribution < -0.4 is 11.4 Å². The van der Waals surface area contributed by atoms with Crippen molar-refractivity contribution < 1.29 is 71.4 Å². The van der Waals surface area contributed by atoms with Gasteiger partial charge in [0.15, 0.2) is 12.3 Å². The summed E-state index contributed by atoms with van der Waals surface area (Å²) in [5, 5.41) is 31.0. The molecule has 0 aromatic carbocycles. The lowest BCUT2D eigenvalue weighted by Crippen LogP contribution is -2.36. The first-order valence-corrected chi connectivity index (χ1v) is 28.0. The number of anilines is 1. The number of hydrogen-bond acceptors (Lipinski definition) is 16. The van der Waals surface area contributed by atoms with Crippen LogP contribution in [-0.2, 0) is 46.3 Å². The highest BCUT2D eigenvalue weighted by molar-refractivity contribution is 7.61. The zero-order valence-electron chi connectivity index (χ0n) is 41.6. The first-order valence-electron chi connectivity index (χ1n) is 25.1. The highest BCUT2D eigenvalue weighted by Crippen LogP contribution is 2.60. The van der Waals surface area contributed by atoms with Crippen LogP contribution in [-0.4, -0.2) is 96.9 Å². The highest BCUT2D eigenvalue weighted by atomic mass is 31.3. The van der Waals surface area contributed by atoms with Crippen molar-refractivity contribution in [2.45, 2.75) is 185 Å². The zero-order valence-corrected chi connectivity index (χ0v) is 43.4. The van der Waals surface area contributed by atoms with Gasteiger partial charge in [0.05, 0.1) is 19.3 Å². The molecule has 2 unspecified atom stereocenters. The van der Waals surface area contributed by atoms with E-state index in [1.165, 1.54) is 38.2 Å². The second-order valence-electron chi connectivity index (χ2n) is 17.2. The normalized spacial score (nSPS) is 20.2. The number of nitrogens with two attached hydrogens (primary N) is 1. The molecule has 2 heterocycles. The standard InChI is InChI=1S/C50H81N3O16P2/c1-3-5-7-9-11-12-13-14-15-16-17-18-23-27-31-35-46(56)67-42(38-64-45(55)34-30-26-22-20-19-21-25-29-33-41(54)32-28-24-10-8-6-4-2)39-65-70(60,61)69-71(62,63)66-40-43-47(57)48(58)49(68-43)53-37-36-44(51)52-50(53)59/h11-12,14-15,20-22,24-25,28-29,33,36-37,41-43,47-49,54,57-58H,3-10,13,16-19,23,26-27,30-32,34-35,38-40H2,1-2H3,(H,60,61)(H,62,63)(H2,51,52,59)/b12-11-,15-14-,22-20-,25-21-,28-24-,33-29+/t41-,42-,43-,47-,48-,49-/m1/s1. The van der Waals surface area contributed by atoms with Crippen molar-refractivity contribution in [3.05, 3.63) is 95.7 Å². The Hall–Kier alpha value is -3.84. The van der Waals surface area contributed by atoms with Crippen LogP contribution in [0, 0.1) is 0 Å². The zero-order chi connectivity index (χ0) is 52.2. The largest absolute Gasteiger partial charge is 0.481 e. The quantitative estimate of drug-likeness (QED) is 0.0117. The molecule has 0 spiro atoms. The van der Waals surface area contributed by atoms with Crippen LogP contribution in [0.3, 0.4) is 0 Å². The smallest absolute Gasteiger partial charge is 0.462 e. The van der Waals surface area contributed by atoms with E-state index < -0.39 is 89.8 Å². The Morgan fingerprint density at radius 3 is 1.99 bits per heavy atom. The van der Waals surface area contributed by atoms with Crippen LogP contribution in [0.1, 0.15) is 155 Å². The maximum absolute atomic E-state index is 12.8. The van der Waals surface area contributed by atoms with Gasteiger partial charge in [-0.25, -0.2) is 13.9 Å². The molecule has 0 saturated carbocycles. The number of carbonyl (C=O) groups is 2. The number of unbranched alkanes of at least 4 members (excludes halogenated alkanes) is 12. The molecular formula is C50H81N3O16P2.